The van der Waals surface area contributed by atoms with Gasteiger partial charge in [0.05, 0.1) is 7.11 Å². The number of ether oxygens (including phenoxy) is 1. The summed E-state index contributed by atoms with van der Waals surface area (Å²) in [6.45, 7) is 2.29. The second-order valence-electron chi connectivity index (χ2n) is 7.19. The smallest absolute Gasteiger partial charge is 0.305 e. The summed E-state index contributed by atoms with van der Waals surface area (Å²) in [5.74, 6) is 2.08. The molecule has 0 N–H and O–H groups in total. The predicted octanol–water partition coefficient (Wildman–Crippen LogP) is 6.28. The molecule has 2 nitrogen and oxygen atoms in total. The largest absolute Gasteiger partial charge is 0.469 e. The Labute approximate surface area is 138 Å². The molecule has 1 aliphatic carbocycles. The summed E-state index contributed by atoms with van der Waals surface area (Å²) >= 11 is 0. The van der Waals surface area contributed by atoms with Gasteiger partial charge in [0.25, 0.3) is 0 Å². The third-order valence-electron chi connectivity index (χ3n) is 5.18. The fourth-order valence-corrected chi connectivity index (χ4v) is 3.51. The molecule has 130 valence electrons. The van der Waals surface area contributed by atoms with Crippen LogP contribution in [0.5, 0.6) is 0 Å². The second kappa shape index (κ2) is 13.0. The van der Waals surface area contributed by atoms with Crippen LogP contribution in [0.3, 0.4) is 0 Å². The zero-order valence-corrected chi connectivity index (χ0v) is 15.1. The summed E-state index contributed by atoms with van der Waals surface area (Å²) in [7, 11) is 1.47. The molecule has 0 bridgehead atoms. The Bertz CT molecular complexity index is 275. The maximum absolute atomic E-state index is 11.0. The Morgan fingerprint density at radius 1 is 0.818 bits per heavy atom. The van der Waals surface area contributed by atoms with Crippen molar-refractivity contribution in [3.63, 3.8) is 0 Å². The van der Waals surface area contributed by atoms with Crippen LogP contribution in [0.1, 0.15) is 103 Å². The van der Waals surface area contributed by atoms with Crippen LogP contribution in [0.15, 0.2) is 0 Å². The lowest BCUT2D eigenvalue weighted by molar-refractivity contribution is -0.140. The van der Waals surface area contributed by atoms with Gasteiger partial charge in [-0.15, -0.1) is 0 Å². The van der Waals surface area contributed by atoms with Gasteiger partial charge < -0.3 is 4.74 Å². The van der Waals surface area contributed by atoms with Gasteiger partial charge in [-0.1, -0.05) is 84.0 Å². The highest BCUT2D eigenvalue weighted by atomic mass is 16.5. The van der Waals surface area contributed by atoms with Crippen molar-refractivity contribution in [2.45, 2.75) is 103 Å². The van der Waals surface area contributed by atoms with Gasteiger partial charge in [-0.05, 0) is 24.7 Å². The molecule has 0 aromatic carbocycles. The van der Waals surface area contributed by atoms with Crippen molar-refractivity contribution in [1.82, 2.24) is 0 Å². The Hall–Kier alpha value is -0.530. The molecule has 1 saturated carbocycles. The highest BCUT2D eigenvalue weighted by Gasteiger charge is 2.34. The van der Waals surface area contributed by atoms with E-state index in [-0.39, 0.29) is 5.97 Å². The third-order valence-corrected chi connectivity index (χ3v) is 5.18. The van der Waals surface area contributed by atoms with E-state index in [9.17, 15) is 4.79 Å². The summed E-state index contributed by atoms with van der Waals surface area (Å²) < 4.78 is 4.65. The highest BCUT2D eigenvalue weighted by Crippen LogP contribution is 2.45. The van der Waals surface area contributed by atoms with Crippen LogP contribution >= 0.6 is 0 Å². The van der Waals surface area contributed by atoms with Crippen molar-refractivity contribution >= 4 is 5.97 Å². The molecule has 0 amide bonds. The number of rotatable bonds is 15. The van der Waals surface area contributed by atoms with E-state index in [4.69, 9.17) is 0 Å². The first-order valence-corrected chi connectivity index (χ1v) is 9.84. The Morgan fingerprint density at radius 3 is 1.86 bits per heavy atom. The molecule has 1 rings (SSSR count). The number of carbonyl (C=O) groups excluding carboxylic acids is 1. The molecule has 2 atom stereocenters. The molecule has 0 unspecified atom stereocenters. The number of methoxy groups -OCH3 is 1. The fraction of sp³-hybridized carbons (Fsp3) is 0.950. The van der Waals surface area contributed by atoms with Crippen LogP contribution in [0.2, 0.25) is 0 Å². The molecule has 0 saturated heterocycles. The normalized spacial score (nSPS) is 20.1. The van der Waals surface area contributed by atoms with Crippen molar-refractivity contribution in [2.75, 3.05) is 7.11 Å². The van der Waals surface area contributed by atoms with Gasteiger partial charge in [0, 0.05) is 6.42 Å². The Morgan fingerprint density at radius 2 is 1.32 bits per heavy atom. The second-order valence-corrected chi connectivity index (χ2v) is 7.19. The van der Waals surface area contributed by atoms with Gasteiger partial charge in [0.2, 0.25) is 0 Å². The van der Waals surface area contributed by atoms with E-state index < -0.39 is 0 Å². The first kappa shape index (κ1) is 19.5. The molecule has 0 radical (unpaired) electrons. The number of hydrogen-bond acceptors (Lipinski definition) is 2. The first-order valence-electron chi connectivity index (χ1n) is 9.84. The summed E-state index contributed by atoms with van der Waals surface area (Å²) in [5.41, 5.74) is 0. The average molecular weight is 311 g/mol. The maximum Gasteiger partial charge on any atom is 0.305 e. The minimum Gasteiger partial charge on any atom is -0.469 e. The lowest BCUT2D eigenvalue weighted by atomic mass is 10.0. The molecule has 22 heavy (non-hydrogen) atoms. The molecule has 2 heteroatoms. The van der Waals surface area contributed by atoms with Crippen molar-refractivity contribution in [3.05, 3.63) is 0 Å². The molecule has 1 fully saturated rings. The predicted molar refractivity (Wildman–Crippen MR) is 93.9 cm³/mol. The molecule has 0 heterocycles. The van der Waals surface area contributed by atoms with Gasteiger partial charge in [0.15, 0.2) is 0 Å². The quantitative estimate of drug-likeness (QED) is 0.263. The maximum atomic E-state index is 11.0. The topological polar surface area (TPSA) is 26.3 Å². The minimum atomic E-state index is -0.0597. The monoisotopic (exact) mass is 310 g/mol. The van der Waals surface area contributed by atoms with Crippen molar-refractivity contribution < 1.29 is 9.53 Å². The zero-order chi connectivity index (χ0) is 16.0. The highest BCUT2D eigenvalue weighted by molar-refractivity contribution is 5.68. The third kappa shape index (κ3) is 10.2. The first-order chi connectivity index (χ1) is 10.8. The number of hydrogen-bond donors (Lipinski definition) is 0. The van der Waals surface area contributed by atoms with Crippen molar-refractivity contribution in [3.8, 4) is 0 Å². The number of unbranched alkanes of at least 4 members (excludes halogenated alkanes) is 9. The van der Waals surface area contributed by atoms with Crippen molar-refractivity contribution in [1.29, 1.82) is 0 Å². The zero-order valence-electron chi connectivity index (χ0n) is 15.1. The van der Waals surface area contributed by atoms with E-state index >= 15 is 0 Å². The Kier molecular flexibility index (Phi) is 11.5. The van der Waals surface area contributed by atoms with E-state index in [0.717, 1.165) is 18.3 Å². The lowest BCUT2D eigenvalue weighted by Gasteiger charge is -2.03. The van der Waals surface area contributed by atoms with Crippen LogP contribution in [0, 0.1) is 11.8 Å². The molecule has 1 aliphatic rings. The number of carbonyl (C=O) groups is 1. The van der Waals surface area contributed by atoms with E-state index in [1.807, 2.05) is 0 Å². The molecule has 0 aromatic rings. The summed E-state index contributed by atoms with van der Waals surface area (Å²) in [4.78, 5) is 11.0. The number of esters is 1. The van der Waals surface area contributed by atoms with E-state index in [2.05, 4.69) is 11.7 Å². The average Bonchev–Trinajstić information content (AvgIpc) is 3.28. The molecular formula is C20H38O2. The van der Waals surface area contributed by atoms with Gasteiger partial charge in [0.1, 0.15) is 0 Å². The molecule has 0 aliphatic heterocycles. The summed E-state index contributed by atoms with van der Waals surface area (Å²) in [5, 5.41) is 0. The van der Waals surface area contributed by atoms with E-state index in [0.29, 0.717) is 6.42 Å². The summed E-state index contributed by atoms with van der Waals surface area (Å²) in [6.07, 6.45) is 19.9. The Balaban J connectivity index is 1.77. The molecular weight excluding hydrogens is 272 g/mol. The summed E-state index contributed by atoms with van der Waals surface area (Å²) in [6, 6.07) is 0. The van der Waals surface area contributed by atoms with Gasteiger partial charge in [-0.25, -0.2) is 0 Å². The van der Waals surface area contributed by atoms with Gasteiger partial charge in [-0.3, -0.25) is 4.79 Å². The SMILES string of the molecule is CCCCCCCC[C@@H]1C[C@H]1CCCCCCCC(=O)OC. The van der Waals surface area contributed by atoms with Gasteiger partial charge >= 0.3 is 5.97 Å². The minimum absolute atomic E-state index is 0.0597. The van der Waals surface area contributed by atoms with Crippen LogP contribution < -0.4 is 0 Å². The molecule has 0 aromatic heterocycles. The van der Waals surface area contributed by atoms with Crippen LogP contribution in [0.25, 0.3) is 0 Å². The standard InChI is InChI=1S/C20H38O2/c1-3-4-5-6-8-11-14-18-17-19(18)15-12-9-7-10-13-16-20(21)22-2/h18-19H,3-17H2,1-2H3/t18-,19-/m1/s1. The van der Waals surface area contributed by atoms with Crippen molar-refractivity contribution in [2.24, 2.45) is 11.8 Å². The van der Waals surface area contributed by atoms with Crippen LogP contribution in [0.4, 0.5) is 0 Å². The van der Waals surface area contributed by atoms with Gasteiger partial charge in [-0.2, -0.15) is 0 Å². The van der Waals surface area contributed by atoms with Crippen LogP contribution in [-0.2, 0) is 9.53 Å². The lowest BCUT2D eigenvalue weighted by Crippen LogP contribution is -1.99. The van der Waals surface area contributed by atoms with E-state index in [1.54, 1.807) is 0 Å². The van der Waals surface area contributed by atoms with E-state index in [1.165, 1.54) is 90.6 Å². The molecule has 0 spiro atoms. The fourth-order valence-electron chi connectivity index (χ4n) is 3.51. The van der Waals surface area contributed by atoms with Crippen LogP contribution in [-0.4, -0.2) is 13.1 Å².